The van der Waals surface area contributed by atoms with Crippen LogP contribution >= 0.6 is 11.8 Å². The van der Waals surface area contributed by atoms with Gasteiger partial charge in [-0.3, -0.25) is 4.99 Å². The molecule has 6 heteroatoms. The molecule has 1 aliphatic rings. The molecule has 0 spiro atoms. The van der Waals surface area contributed by atoms with Gasteiger partial charge in [0.1, 0.15) is 0 Å². The zero-order valence-electron chi connectivity index (χ0n) is 13.0. The van der Waals surface area contributed by atoms with E-state index in [2.05, 4.69) is 28.8 Å². The van der Waals surface area contributed by atoms with Gasteiger partial charge in [-0.1, -0.05) is 6.92 Å². The summed E-state index contributed by atoms with van der Waals surface area (Å²) in [4.78, 5) is 4.20. The number of aliphatic imine (C=N–C) groups is 1. The minimum absolute atomic E-state index is 0.324. The molecular weight excluding hydrogens is 274 g/mol. The van der Waals surface area contributed by atoms with Crippen molar-refractivity contribution >= 4 is 17.7 Å². The summed E-state index contributed by atoms with van der Waals surface area (Å²) >= 11 is 1.85. The molecule has 118 valence electrons. The second-order valence-electron chi connectivity index (χ2n) is 4.99. The summed E-state index contributed by atoms with van der Waals surface area (Å²) in [6.45, 7) is 6.40. The first-order chi connectivity index (χ1) is 9.76. The number of guanidine groups is 1. The Morgan fingerprint density at radius 1 is 1.50 bits per heavy atom. The molecule has 5 nitrogen and oxygen atoms in total. The van der Waals surface area contributed by atoms with Crippen molar-refractivity contribution in [3.63, 3.8) is 0 Å². The maximum Gasteiger partial charge on any atom is 0.191 e. The molecule has 20 heavy (non-hydrogen) atoms. The van der Waals surface area contributed by atoms with Crippen molar-refractivity contribution < 1.29 is 9.47 Å². The first kappa shape index (κ1) is 17.6. The van der Waals surface area contributed by atoms with Gasteiger partial charge in [0, 0.05) is 38.6 Å². The van der Waals surface area contributed by atoms with Crippen molar-refractivity contribution in [2.24, 2.45) is 4.99 Å². The van der Waals surface area contributed by atoms with Crippen LogP contribution in [0.15, 0.2) is 4.99 Å². The van der Waals surface area contributed by atoms with E-state index in [0.29, 0.717) is 11.4 Å². The third-order valence-corrected chi connectivity index (χ3v) is 4.24. The maximum atomic E-state index is 5.62. The van der Waals surface area contributed by atoms with Gasteiger partial charge in [0.15, 0.2) is 5.96 Å². The standard InChI is InChI=1S/C14H29N3O2S/c1-12(20-3)10-17-14(15-2)16-7-5-8-18-11-13-6-4-9-19-13/h12-13H,4-11H2,1-3H3,(H2,15,16,17). The highest BCUT2D eigenvalue weighted by molar-refractivity contribution is 7.99. The van der Waals surface area contributed by atoms with E-state index in [1.54, 1.807) is 7.05 Å². The van der Waals surface area contributed by atoms with Crippen molar-refractivity contribution in [1.29, 1.82) is 0 Å². The Labute approximate surface area is 127 Å². The van der Waals surface area contributed by atoms with Gasteiger partial charge < -0.3 is 20.1 Å². The number of nitrogens with one attached hydrogen (secondary N) is 2. The van der Waals surface area contributed by atoms with Gasteiger partial charge in [0.05, 0.1) is 12.7 Å². The molecule has 1 heterocycles. The topological polar surface area (TPSA) is 54.9 Å². The van der Waals surface area contributed by atoms with E-state index in [1.807, 2.05) is 11.8 Å². The molecule has 0 bridgehead atoms. The Bertz CT molecular complexity index is 271. The van der Waals surface area contributed by atoms with E-state index in [-0.39, 0.29) is 0 Å². The first-order valence-electron chi connectivity index (χ1n) is 7.43. The SMILES string of the molecule is CN=C(NCCCOCC1CCCO1)NCC(C)SC. The Morgan fingerprint density at radius 2 is 2.35 bits per heavy atom. The smallest absolute Gasteiger partial charge is 0.191 e. The monoisotopic (exact) mass is 303 g/mol. The molecular formula is C14H29N3O2S. The Kier molecular flexibility index (Phi) is 9.87. The second-order valence-corrected chi connectivity index (χ2v) is 6.27. The van der Waals surface area contributed by atoms with Gasteiger partial charge in [0.25, 0.3) is 0 Å². The summed E-state index contributed by atoms with van der Waals surface area (Å²) < 4.78 is 11.1. The summed E-state index contributed by atoms with van der Waals surface area (Å²) in [6.07, 6.45) is 5.74. The van der Waals surface area contributed by atoms with Gasteiger partial charge in [-0.05, 0) is 25.5 Å². The van der Waals surface area contributed by atoms with Crippen molar-refractivity contribution in [1.82, 2.24) is 10.6 Å². The molecule has 0 radical (unpaired) electrons. The van der Waals surface area contributed by atoms with Crippen molar-refractivity contribution in [3.8, 4) is 0 Å². The van der Waals surface area contributed by atoms with Crippen LogP contribution in [0, 0.1) is 0 Å². The van der Waals surface area contributed by atoms with E-state index >= 15 is 0 Å². The van der Waals surface area contributed by atoms with Gasteiger partial charge in [-0.2, -0.15) is 11.8 Å². The van der Waals surface area contributed by atoms with Crippen molar-refractivity contribution in [3.05, 3.63) is 0 Å². The number of thioether (sulfide) groups is 1. The van der Waals surface area contributed by atoms with Gasteiger partial charge in [0.2, 0.25) is 0 Å². The van der Waals surface area contributed by atoms with Crippen molar-refractivity contribution in [2.45, 2.75) is 37.5 Å². The minimum Gasteiger partial charge on any atom is -0.379 e. The fourth-order valence-electron chi connectivity index (χ4n) is 1.92. The molecule has 1 rings (SSSR count). The van der Waals surface area contributed by atoms with E-state index in [0.717, 1.165) is 51.7 Å². The minimum atomic E-state index is 0.324. The lowest BCUT2D eigenvalue weighted by atomic mass is 10.2. The Hall–Kier alpha value is -0.460. The summed E-state index contributed by atoms with van der Waals surface area (Å²) in [5.74, 6) is 0.866. The van der Waals surface area contributed by atoms with Gasteiger partial charge in [-0.25, -0.2) is 0 Å². The first-order valence-corrected chi connectivity index (χ1v) is 8.71. The Balaban J connectivity index is 1.95. The lowest BCUT2D eigenvalue weighted by molar-refractivity contribution is 0.0168. The van der Waals surface area contributed by atoms with E-state index < -0.39 is 0 Å². The van der Waals surface area contributed by atoms with E-state index in [4.69, 9.17) is 9.47 Å². The molecule has 1 saturated heterocycles. The summed E-state index contributed by atoms with van der Waals surface area (Å²) in [5, 5.41) is 7.20. The lowest BCUT2D eigenvalue weighted by Gasteiger charge is -2.15. The molecule has 0 saturated carbocycles. The number of hydrogen-bond acceptors (Lipinski definition) is 4. The quantitative estimate of drug-likeness (QED) is 0.384. The molecule has 1 fully saturated rings. The zero-order valence-corrected chi connectivity index (χ0v) is 13.8. The zero-order chi connectivity index (χ0) is 14.6. The summed E-state index contributed by atoms with van der Waals surface area (Å²) in [6, 6.07) is 0. The molecule has 2 atom stereocenters. The largest absolute Gasteiger partial charge is 0.379 e. The maximum absolute atomic E-state index is 5.62. The van der Waals surface area contributed by atoms with Crippen molar-refractivity contribution in [2.75, 3.05) is 46.2 Å². The molecule has 0 aliphatic carbocycles. The molecule has 2 N–H and O–H groups in total. The molecule has 2 unspecified atom stereocenters. The average molecular weight is 303 g/mol. The predicted octanol–water partition coefficient (Wildman–Crippen LogP) is 1.49. The van der Waals surface area contributed by atoms with Crippen LogP contribution in [0.3, 0.4) is 0 Å². The third-order valence-electron chi connectivity index (χ3n) is 3.27. The highest BCUT2D eigenvalue weighted by atomic mass is 32.2. The van der Waals surface area contributed by atoms with Crippen LogP contribution in [0.2, 0.25) is 0 Å². The molecule has 0 aromatic carbocycles. The summed E-state index contributed by atoms with van der Waals surface area (Å²) in [7, 11) is 1.80. The predicted molar refractivity (Wildman–Crippen MR) is 86.8 cm³/mol. The van der Waals surface area contributed by atoms with E-state index in [9.17, 15) is 0 Å². The van der Waals surface area contributed by atoms with Crippen LogP contribution in [0.25, 0.3) is 0 Å². The van der Waals surface area contributed by atoms with Gasteiger partial charge >= 0.3 is 0 Å². The average Bonchev–Trinajstić information content (AvgIpc) is 2.98. The molecule has 0 amide bonds. The van der Waals surface area contributed by atoms with Crippen LogP contribution in [0.4, 0.5) is 0 Å². The fraction of sp³-hybridized carbons (Fsp3) is 0.929. The highest BCUT2D eigenvalue weighted by Gasteiger charge is 2.14. The number of nitrogens with zero attached hydrogens (tertiary/aromatic N) is 1. The van der Waals surface area contributed by atoms with Crippen LogP contribution in [-0.2, 0) is 9.47 Å². The van der Waals surface area contributed by atoms with Crippen LogP contribution < -0.4 is 10.6 Å². The van der Waals surface area contributed by atoms with Gasteiger partial charge in [-0.15, -0.1) is 0 Å². The van der Waals surface area contributed by atoms with Crippen LogP contribution in [0.1, 0.15) is 26.2 Å². The Morgan fingerprint density at radius 3 is 3.00 bits per heavy atom. The lowest BCUT2D eigenvalue weighted by Crippen LogP contribution is -2.40. The number of rotatable bonds is 9. The van der Waals surface area contributed by atoms with Crippen LogP contribution in [0.5, 0.6) is 0 Å². The normalized spacial score (nSPS) is 20.9. The molecule has 0 aromatic heterocycles. The number of ether oxygens (including phenoxy) is 2. The fourth-order valence-corrected chi connectivity index (χ4v) is 2.17. The summed E-state index contributed by atoms with van der Waals surface area (Å²) in [5.41, 5.74) is 0. The third kappa shape index (κ3) is 7.97. The van der Waals surface area contributed by atoms with E-state index in [1.165, 1.54) is 6.42 Å². The number of hydrogen-bond donors (Lipinski definition) is 2. The van der Waals surface area contributed by atoms with Crippen LogP contribution in [-0.4, -0.2) is 63.5 Å². The second kappa shape index (κ2) is 11.2. The molecule has 0 aromatic rings. The molecule has 1 aliphatic heterocycles. The highest BCUT2D eigenvalue weighted by Crippen LogP contribution is 2.11.